The average Bonchev–Trinajstić information content (AvgIpc) is 3.49. The maximum atomic E-state index is 14.0. The number of carbonyl (C=O) groups excluding carboxylic acids is 2. The molecule has 0 aromatic heterocycles. The molecule has 10 nitrogen and oxygen atoms in total. The number of nitrogens with zero attached hydrogens (tertiary/aromatic N) is 2. The van der Waals surface area contributed by atoms with E-state index in [1.807, 2.05) is 68.4 Å². The van der Waals surface area contributed by atoms with E-state index >= 15 is 0 Å². The van der Waals surface area contributed by atoms with Crippen molar-refractivity contribution in [1.82, 2.24) is 10.2 Å². The number of methoxy groups -OCH3 is 1. The summed E-state index contributed by atoms with van der Waals surface area (Å²) >= 11 is 0. The highest BCUT2D eigenvalue weighted by atomic mass is 32.2. The highest BCUT2D eigenvalue weighted by Gasteiger charge is 2.31. The van der Waals surface area contributed by atoms with Crippen LogP contribution in [0.1, 0.15) is 44.2 Å². The summed E-state index contributed by atoms with van der Waals surface area (Å²) in [7, 11) is -2.09. The van der Waals surface area contributed by atoms with Crippen LogP contribution in [-0.2, 0) is 32.6 Å². The van der Waals surface area contributed by atoms with E-state index in [-0.39, 0.29) is 50.6 Å². The van der Waals surface area contributed by atoms with E-state index in [1.165, 1.54) is 4.31 Å². The van der Waals surface area contributed by atoms with Gasteiger partial charge in [-0.1, -0.05) is 49.4 Å². The number of anilines is 1. The molecular weight excluding hydrogens is 582 g/mol. The molecule has 1 aliphatic rings. The van der Waals surface area contributed by atoms with Crippen molar-refractivity contribution in [3.05, 3.63) is 83.9 Å². The number of ether oxygens (including phenoxy) is 3. The lowest BCUT2D eigenvalue weighted by atomic mass is 10.0. The predicted octanol–water partition coefficient (Wildman–Crippen LogP) is 4.52. The van der Waals surface area contributed by atoms with Gasteiger partial charge in [-0.15, -0.1) is 0 Å². The van der Waals surface area contributed by atoms with Gasteiger partial charge in [0.05, 0.1) is 19.1 Å². The lowest BCUT2D eigenvalue weighted by Gasteiger charge is -2.33. The molecule has 0 unspecified atom stereocenters. The molecule has 3 aromatic rings. The Labute approximate surface area is 260 Å². The number of sulfonamides is 1. The quantitative estimate of drug-likeness (QED) is 0.265. The fraction of sp³-hybridized carbons (Fsp3) is 0.394. The minimum Gasteiger partial charge on any atom is -0.497 e. The largest absolute Gasteiger partial charge is 0.497 e. The molecule has 0 spiro atoms. The molecule has 2 atom stereocenters. The minimum absolute atomic E-state index is 0.0302. The van der Waals surface area contributed by atoms with E-state index in [0.29, 0.717) is 29.4 Å². The summed E-state index contributed by atoms with van der Waals surface area (Å²) in [5, 5.41) is 3.06. The topological polar surface area (TPSA) is 114 Å². The van der Waals surface area contributed by atoms with Crippen LogP contribution in [0.5, 0.6) is 17.2 Å². The first kappa shape index (κ1) is 32.7. The zero-order valence-corrected chi connectivity index (χ0v) is 26.5. The van der Waals surface area contributed by atoms with E-state index < -0.39 is 16.1 Å². The normalized spacial score (nSPS) is 13.5. The van der Waals surface area contributed by atoms with Crippen LogP contribution in [0.4, 0.5) is 5.69 Å². The number of nitrogens with one attached hydrogen (secondary N) is 1. The van der Waals surface area contributed by atoms with Crippen molar-refractivity contribution in [2.45, 2.75) is 58.2 Å². The van der Waals surface area contributed by atoms with Gasteiger partial charge in [0.15, 0.2) is 11.5 Å². The summed E-state index contributed by atoms with van der Waals surface area (Å²) < 4.78 is 43.0. The first-order valence-electron chi connectivity index (χ1n) is 14.7. The van der Waals surface area contributed by atoms with Gasteiger partial charge in [-0.3, -0.25) is 13.9 Å². The molecule has 11 heteroatoms. The second-order valence-corrected chi connectivity index (χ2v) is 12.8. The number of benzene rings is 3. The molecule has 1 heterocycles. The van der Waals surface area contributed by atoms with Crippen LogP contribution in [0.25, 0.3) is 0 Å². The Morgan fingerprint density at radius 3 is 2.41 bits per heavy atom. The maximum Gasteiger partial charge on any atom is 0.243 e. The van der Waals surface area contributed by atoms with Crippen molar-refractivity contribution in [3.63, 3.8) is 0 Å². The van der Waals surface area contributed by atoms with E-state index in [0.717, 1.165) is 23.8 Å². The molecule has 3 aromatic carbocycles. The van der Waals surface area contributed by atoms with E-state index in [4.69, 9.17) is 14.2 Å². The van der Waals surface area contributed by atoms with Crippen LogP contribution in [0.2, 0.25) is 0 Å². The van der Waals surface area contributed by atoms with Gasteiger partial charge in [0.25, 0.3) is 0 Å². The molecule has 2 amide bonds. The molecular formula is C33H41N3O7S. The monoisotopic (exact) mass is 623 g/mol. The van der Waals surface area contributed by atoms with E-state index in [9.17, 15) is 18.0 Å². The lowest BCUT2D eigenvalue weighted by molar-refractivity contribution is -0.141. The Balaban J connectivity index is 1.59. The van der Waals surface area contributed by atoms with Crippen LogP contribution in [-0.4, -0.2) is 63.9 Å². The number of hydrogen-bond donors (Lipinski definition) is 1. The Morgan fingerprint density at radius 1 is 0.977 bits per heavy atom. The minimum atomic E-state index is -3.66. The fourth-order valence-electron chi connectivity index (χ4n) is 5.01. The molecule has 4 rings (SSSR count). The molecule has 0 saturated carbocycles. The van der Waals surface area contributed by atoms with Crippen molar-refractivity contribution in [2.24, 2.45) is 0 Å². The summed E-state index contributed by atoms with van der Waals surface area (Å²) in [6.45, 7) is 4.24. The zero-order valence-electron chi connectivity index (χ0n) is 25.7. The van der Waals surface area contributed by atoms with Gasteiger partial charge >= 0.3 is 0 Å². The smallest absolute Gasteiger partial charge is 0.243 e. The Bertz CT molecular complexity index is 1530. The Kier molecular flexibility index (Phi) is 11.1. The van der Waals surface area contributed by atoms with Crippen LogP contribution in [0, 0.1) is 0 Å². The maximum absolute atomic E-state index is 14.0. The van der Waals surface area contributed by atoms with Crippen LogP contribution >= 0.6 is 0 Å². The SMILES string of the molecule is CC[C@@H](C)NC(=O)[C@@H](Cc1ccccc1)N(Cc1cccc(OC)c1)C(=O)CCCN(c1ccc2c(c1)OCO2)S(C)(=O)=O. The zero-order chi connectivity index (χ0) is 31.7. The number of carbonyl (C=O) groups is 2. The highest BCUT2D eigenvalue weighted by Crippen LogP contribution is 2.36. The predicted molar refractivity (Wildman–Crippen MR) is 169 cm³/mol. The van der Waals surface area contributed by atoms with Gasteiger partial charge in [0.2, 0.25) is 28.6 Å². The molecule has 1 N–H and O–H groups in total. The number of rotatable bonds is 15. The fourth-order valence-corrected chi connectivity index (χ4v) is 5.96. The molecule has 0 radical (unpaired) electrons. The van der Waals surface area contributed by atoms with E-state index in [2.05, 4.69) is 5.32 Å². The summed E-state index contributed by atoms with van der Waals surface area (Å²) in [4.78, 5) is 29.4. The van der Waals surface area contributed by atoms with Crippen LogP contribution < -0.4 is 23.8 Å². The van der Waals surface area contributed by atoms with Crippen LogP contribution in [0.3, 0.4) is 0 Å². The van der Waals surface area contributed by atoms with Gasteiger partial charge in [0.1, 0.15) is 11.8 Å². The summed E-state index contributed by atoms with van der Waals surface area (Å²) in [6.07, 6.45) is 2.46. The first-order chi connectivity index (χ1) is 21.1. The Hall–Kier alpha value is -4.25. The molecule has 0 saturated heterocycles. The van der Waals surface area contributed by atoms with Gasteiger partial charge in [-0.05, 0) is 55.2 Å². The van der Waals surface area contributed by atoms with Crippen LogP contribution in [0.15, 0.2) is 72.8 Å². The summed E-state index contributed by atoms with van der Waals surface area (Å²) in [5.74, 6) is 1.16. The number of hydrogen-bond acceptors (Lipinski definition) is 7. The molecule has 1 aliphatic heterocycles. The van der Waals surface area contributed by atoms with Gasteiger partial charge < -0.3 is 24.4 Å². The second kappa shape index (κ2) is 15.0. The molecule has 0 bridgehead atoms. The molecule has 44 heavy (non-hydrogen) atoms. The van der Waals surface area contributed by atoms with Crippen molar-refractivity contribution in [3.8, 4) is 17.2 Å². The third kappa shape index (κ3) is 8.66. The van der Waals surface area contributed by atoms with Crippen molar-refractivity contribution in [1.29, 1.82) is 0 Å². The van der Waals surface area contributed by atoms with Gasteiger partial charge in [-0.2, -0.15) is 0 Å². The van der Waals surface area contributed by atoms with E-state index in [1.54, 1.807) is 30.2 Å². The second-order valence-electron chi connectivity index (χ2n) is 10.9. The van der Waals surface area contributed by atoms with Crippen molar-refractivity contribution < 1.29 is 32.2 Å². The third-order valence-corrected chi connectivity index (χ3v) is 8.75. The lowest BCUT2D eigenvalue weighted by Crippen LogP contribution is -2.52. The average molecular weight is 624 g/mol. The van der Waals surface area contributed by atoms with Crippen molar-refractivity contribution in [2.75, 3.05) is 31.0 Å². The third-order valence-electron chi connectivity index (χ3n) is 7.56. The summed E-state index contributed by atoms with van der Waals surface area (Å²) in [5.41, 5.74) is 2.16. The molecule has 0 fully saturated rings. The summed E-state index contributed by atoms with van der Waals surface area (Å²) in [6, 6.07) is 21.1. The molecule has 0 aliphatic carbocycles. The van der Waals surface area contributed by atoms with Crippen molar-refractivity contribution >= 4 is 27.5 Å². The van der Waals surface area contributed by atoms with Gasteiger partial charge in [0, 0.05) is 38.0 Å². The standard InChI is InChI=1S/C33H41N3O7S/c1-5-24(2)34-33(38)29(20-25-11-7-6-8-12-25)35(22-26-13-9-14-28(19-26)41-3)32(37)15-10-18-36(44(4,39)40)27-16-17-30-31(21-27)43-23-42-30/h6-9,11-14,16-17,19,21,24,29H,5,10,15,18,20,22-23H2,1-4H3,(H,34,38)/t24-,29-/m1/s1. The molecule has 236 valence electrons. The Morgan fingerprint density at radius 2 is 1.70 bits per heavy atom. The number of fused-ring (bicyclic) bond motifs is 1. The van der Waals surface area contributed by atoms with Gasteiger partial charge in [-0.25, -0.2) is 8.42 Å². The number of amides is 2. The first-order valence-corrected chi connectivity index (χ1v) is 16.6. The highest BCUT2D eigenvalue weighted by molar-refractivity contribution is 7.92.